The molecule has 0 aliphatic carbocycles. The summed E-state index contributed by atoms with van der Waals surface area (Å²) in [4.78, 5) is 13.5. The molecule has 1 aromatic carbocycles. The van der Waals surface area contributed by atoms with Crippen LogP contribution in [0.1, 0.15) is 24.4 Å². The number of hydrogen-bond donors (Lipinski definition) is 4. The van der Waals surface area contributed by atoms with Gasteiger partial charge in [-0.15, -0.1) is 0 Å². The van der Waals surface area contributed by atoms with Crippen LogP contribution in [-0.4, -0.2) is 51.9 Å². The van der Waals surface area contributed by atoms with Gasteiger partial charge in [0.05, 0.1) is 16.7 Å². The van der Waals surface area contributed by atoms with Crippen LogP contribution in [0.3, 0.4) is 0 Å². The van der Waals surface area contributed by atoms with E-state index in [9.17, 15) is 15.0 Å². The summed E-state index contributed by atoms with van der Waals surface area (Å²) in [6.45, 7) is 0.239. The molecule has 1 heterocycles. The number of phenols is 1. The number of likely N-dealkylation sites (tertiary alicyclic amines) is 1. The highest BCUT2D eigenvalue weighted by Crippen LogP contribution is 2.37. The molecule has 3 atom stereocenters. The van der Waals surface area contributed by atoms with E-state index in [1.54, 1.807) is 0 Å². The van der Waals surface area contributed by atoms with E-state index in [0.29, 0.717) is 23.7 Å². The van der Waals surface area contributed by atoms with Crippen molar-refractivity contribution in [2.24, 2.45) is 11.7 Å². The summed E-state index contributed by atoms with van der Waals surface area (Å²) < 4.78 is 0. The highest BCUT2D eigenvalue weighted by Gasteiger charge is 2.32. The second-order valence-electron chi connectivity index (χ2n) is 5.74. The van der Waals surface area contributed by atoms with Gasteiger partial charge in [-0.25, -0.2) is 0 Å². The minimum absolute atomic E-state index is 0.0363. The standard InChI is InChI=1S/C15H20Cl2N2O4/c16-10-4-9(12(21)5-11(10)17)14(18)8-2-1-3-19(6-8)15(23)13(22)7-20/h4-5,8,13-14,20-22H,1-3,6-7,18H2/t8-,13-,14+/m1/s1. The van der Waals surface area contributed by atoms with E-state index in [0.717, 1.165) is 12.8 Å². The second-order valence-corrected chi connectivity index (χ2v) is 6.55. The number of piperidine rings is 1. The van der Waals surface area contributed by atoms with Gasteiger partial charge in [0.15, 0.2) is 6.10 Å². The molecule has 0 aromatic heterocycles. The monoisotopic (exact) mass is 362 g/mol. The van der Waals surface area contributed by atoms with Crippen LogP contribution >= 0.6 is 23.2 Å². The third-order valence-corrected chi connectivity index (χ3v) is 4.89. The number of carbonyl (C=O) groups excluding carboxylic acids is 1. The van der Waals surface area contributed by atoms with Crippen molar-refractivity contribution in [3.05, 3.63) is 27.7 Å². The number of amides is 1. The summed E-state index contributed by atoms with van der Waals surface area (Å²) in [6.07, 6.45) is 0.0906. The van der Waals surface area contributed by atoms with Crippen molar-refractivity contribution in [1.29, 1.82) is 0 Å². The fourth-order valence-corrected chi connectivity index (χ4v) is 3.19. The van der Waals surface area contributed by atoms with Crippen molar-refractivity contribution in [1.82, 2.24) is 4.90 Å². The van der Waals surface area contributed by atoms with Crippen molar-refractivity contribution in [2.75, 3.05) is 19.7 Å². The van der Waals surface area contributed by atoms with Gasteiger partial charge in [0, 0.05) is 30.8 Å². The Morgan fingerprint density at radius 1 is 1.39 bits per heavy atom. The predicted molar refractivity (Wildman–Crippen MR) is 87.5 cm³/mol. The Morgan fingerprint density at radius 3 is 2.70 bits per heavy atom. The normalized spacial score (nSPS) is 21.1. The number of aliphatic hydroxyl groups excluding tert-OH is 2. The number of aliphatic hydroxyl groups is 2. The number of phenolic OH excluding ortho intramolecular Hbond substituents is 1. The van der Waals surface area contributed by atoms with Crippen molar-refractivity contribution in [3.8, 4) is 5.75 Å². The molecule has 2 rings (SSSR count). The van der Waals surface area contributed by atoms with Gasteiger partial charge in [0.25, 0.3) is 5.91 Å². The largest absolute Gasteiger partial charge is 0.508 e. The molecule has 8 heteroatoms. The van der Waals surface area contributed by atoms with Crippen molar-refractivity contribution < 1.29 is 20.1 Å². The lowest BCUT2D eigenvalue weighted by molar-refractivity contribution is -0.144. The van der Waals surface area contributed by atoms with Crippen LogP contribution in [0.4, 0.5) is 0 Å². The summed E-state index contributed by atoms with van der Waals surface area (Å²) in [5, 5.41) is 29.0. The number of rotatable bonds is 4. The number of aromatic hydroxyl groups is 1. The first-order valence-electron chi connectivity index (χ1n) is 7.36. The Hall–Kier alpha value is -1.05. The SMILES string of the molecule is N[C@H](c1cc(Cl)c(Cl)cc1O)[C@@H]1CCCN(C(=O)[C@H](O)CO)C1. The van der Waals surface area contributed by atoms with E-state index in [4.69, 9.17) is 34.0 Å². The molecule has 1 aliphatic heterocycles. The van der Waals surface area contributed by atoms with Crippen molar-refractivity contribution in [3.63, 3.8) is 0 Å². The molecule has 0 spiro atoms. The molecule has 1 amide bonds. The van der Waals surface area contributed by atoms with Crippen LogP contribution in [0, 0.1) is 5.92 Å². The zero-order valence-corrected chi connectivity index (χ0v) is 14.0. The van der Waals surface area contributed by atoms with E-state index in [2.05, 4.69) is 0 Å². The number of benzene rings is 1. The first-order chi connectivity index (χ1) is 10.8. The second kappa shape index (κ2) is 7.68. The van der Waals surface area contributed by atoms with Crippen LogP contribution in [0.5, 0.6) is 5.75 Å². The third-order valence-electron chi connectivity index (χ3n) is 4.16. The summed E-state index contributed by atoms with van der Waals surface area (Å²) in [5.74, 6) is -0.643. The number of carbonyl (C=O) groups is 1. The van der Waals surface area contributed by atoms with Crippen LogP contribution in [0.2, 0.25) is 10.0 Å². The smallest absolute Gasteiger partial charge is 0.253 e. The molecular weight excluding hydrogens is 343 g/mol. The molecule has 0 bridgehead atoms. The first kappa shape index (κ1) is 18.3. The molecule has 128 valence electrons. The average Bonchev–Trinajstić information content (AvgIpc) is 2.56. The van der Waals surface area contributed by atoms with Gasteiger partial charge < -0.3 is 26.0 Å². The van der Waals surface area contributed by atoms with Gasteiger partial charge in [-0.2, -0.15) is 0 Å². The number of nitrogens with two attached hydrogens (primary N) is 1. The minimum atomic E-state index is -1.41. The average molecular weight is 363 g/mol. The number of halogens is 2. The summed E-state index contributed by atoms with van der Waals surface area (Å²) >= 11 is 11.8. The molecule has 1 fully saturated rings. The Balaban J connectivity index is 2.15. The molecule has 23 heavy (non-hydrogen) atoms. The van der Waals surface area contributed by atoms with Gasteiger partial charge in [-0.3, -0.25) is 4.79 Å². The van der Waals surface area contributed by atoms with Crippen LogP contribution in [0.15, 0.2) is 12.1 Å². The van der Waals surface area contributed by atoms with E-state index in [1.807, 2.05) is 0 Å². The fraction of sp³-hybridized carbons (Fsp3) is 0.533. The third kappa shape index (κ3) is 4.08. The first-order valence-corrected chi connectivity index (χ1v) is 8.12. The lowest BCUT2D eigenvalue weighted by Gasteiger charge is -2.36. The van der Waals surface area contributed by atoms with Gasteiger partial charge in [0.1, 0.15) is 5.75 Å². The van der Waals surface area contributed by atoms with Crippen LogP contribution in [-0.2, 0) is 4.79 Å². The van der Waals surface area contributed by atoms with Crippen molar-refractivity contribution in [2.45, 2.75) is 25.0 Å². The highest BCUT2D eigenvalue weighted by atomic mass is 35.5. The van der Waals surface area contributed by atoms with E-state index < -0.39 is 24.7 Å². The molecule has 0 radical (unpaired) electrons. The topological polar surface area (TPSA) is 107 Å². The molecule has 1 aliphatic rings. The van der Waals surface area contributed by atoms with Gasteiger partial charge in [-0.1, -0.05) is 23.2 Å². The Bertz CT molecular complexity index is 585. The molecule has 6 nitrogen and oxygen atoms in total. The van der Waals surface area contributed by atoms with Gasteiger partial charge >= 0.3 is 0 Å². The van der Waals surface area contributed by atoms with E-state index in [1.165, 1.54) is 17.0 Å². The number of hydrogen-bond acceptors (Lipinski definition) is 5. The summed E-state index contributed by atoms with van der Waals surface area (Å²) in [7, 11) is 0. The summed E-state index contributed by atoms with van der Waals surface area (Å²) in [5.41, 5.74) is 6.72. The van der Waals surface area contributed by atoms with Gasteiger partial charge in [-0.05, 0) is 24.8 Å². The minimum Gasteiger partial charge on any atom is -0.508 e. The Labute approximate surface area is 144 Å². The molecule has 5 N–H and O–H groups in total. The Morgan fingerprint density at radius 2 is 2.04 bits per heavy atom. The maximum Gasteiger partial charge on any atom is 0.253 e. The highest BCUT2D eigenvalue weighted by molar-refractivity contribution is 6.42. The van der Waals surface area contributed by atoms with Crippen molar-refractivity contribution >= 4 is 29.1 Å². The molecule has 1 aromatic rings. The molecule has 0 unspecified atom stereocenters. The van der Waals surface area contributed by atoms with Crippen LogP contribution < -0.4 is 5.73 Å². The maximum atomic E-state index is 12.0. The molecular formula is C15H20Cl2N2O4. The molecule has 0 saturated carbocycles. The maximum absolute atomic E-state index is 12.0. The number of nitrogens with zero attached hydrogens (tertiary/aromatic N) is 1. The molecule has 1 saturated heterocycles. The zero-order valence-electron chi connectivity index (χ0n) is 12.5. The van der Waals surface area contributed by atoms with E-state index >= 15 is 0 Å². The quantitative estimate of drug-likeness (QED) is 0.645. The lowest BCUT2D eigenvalue weighted by atomic mass is 9.86. The zero-order chi connectivity index (χ0) is 17.1. The predicted octanol–water partition coefficient (Wildman–Crippen LogP) is 1.29. The van der Waals surface area contributed by atoms with Gasteiger partial charge in [0.2, 0.25) is 0 Å². The summed E-state index contributed by atoms with van der Waals surface area (Å²) in [6, 6.07) is 2.36. The Kier molecular flexibility index (Phi) is 6.11. The fourth-order valence-electron chi connectivity index (χ4n) is 2.86. The van der Waals surface area contributed by atoms with Crippen LogP contribution in [0.25, 0.3) is 0 Å². The van der Waals surface area contributed by atoms with E-state index in [-0.39, 0.29) is 16.7 Å². The lowest BCUT2D eigenvalue weighted by Crippen LogP contribution is -2.47.